The molecular weight excluding hydrogens is 300 g/mol. The van der Waals surface area contributed by atoms with E-state index in [1.54, 1.807) is 30.5 Å². The Balaban J connectivity index is 1.83. The van der Waals surface area contributed by atoms with Crippen LogP contribution < -0.4 is 9.62 Å². The standard InChI is InChI=1S/C15H28N4O2S/c1-12-6-10-19(11-7-12)9-5-8-16-22(20,21)15-13(2)17-18(4)14(15)3/h12,16H,5-11H2,1-4H3/p+1. The van der Waals surface area contributed by atoms with E-state index in [1.165, 1.54) is 25.9 Å². The van der Waals surface area contributed by atoms with Crippen molar-refractivity contribution in [2.75, 3.05) is 26.2 Å². The van der Waals surface area contributed by atoms with Crippen molar-refractivity contribution in [2.24, 2.45) is 13.0 Å². The lowest BCUT2D eigenvalue weighted by atomic mass is 9.99. The highest BCUT2D eigenvalue weighted by Gasteiger charge is 2.23. The van der Waals surface area contributed by atoms with Gasteiger partial charge in [-0.25, -0.2) is 13.1 Å². The van der Waals surface area contributed by atoms with Crippen molar-refractivity contribution >= 4 is 10.0 Å². The molecule has 0 radical (unpaired) electrons. The largest absolute Gasteiger partial charge is 0.335 e. The van der Waals surface area contributed by atoms with E-state index in [0.717, 1.165) is 18.9 Å². The fourth-order valence-electron chi connectivity index (χ4n) is 3.18. The first-order valence-electron chi connectivity index (χ1n) is 8.14. The Hall–Kier alpha value is -0.920. The number of aryl methyl sites for hydroxylation is 2. The summed E-state index contributed by atoms with van der Waals surface area (Å²) in [5.41, 5.74) is 1.24. The molecule has 0 bridgehead atoms. The summed E-state index contributed by atoms with van der Waals surface area (Å²) in [6, 6.07) is 0. The SMILES string of the molecule is Cc1nn(C)c(C)c1S(=O)(=O)NCCC[NH+]1CCC(C)CC1. The van der Waals surface area contributed by atoms with Gasteiger partial charge in [0.05, 0.1) is 31.0 Å². The minimum absolute atomic E-state index is 0.328. The van der Waals surface area contributed by atoms with Crippen LogP contribution in [0.1, 0.15) is 37.6 Å². The van der Waals surface area contributed by atoms with Crippen LogP contribution in [-0.4, -0.2) is 44.4 Å². The maximum atomic E-state index is 12.4. The molecule has 1 aromatic heterocycles. The van der Waals surface area contributed by atoms with Gasteiger partial charge in [0.1, 0.15) is 4.90 Å². The second-order valence-corrected chi connectivity index (χ2v) is 8.26. The first kappa shape index (κ1) is 17.4. The molecule has 0 amide bonds. The van der Waals surface area contributed by atoms with E-state index in [0.29, 0.717) is 22.8 Å². The van der Waals surface area contributed by atoms with Crippen molar-refractivity contribution in [1.29, 1.82) is 0 Å². The van der Waals surface area contributed by atoms with Gasteiger partial charge in [-0.3, -0.25) is 4.68 Å². The molecule has 1 aromatic rings. The monoisotopic (exact) mass is 329 g/mol. The van der Waals surface area contributed by atoms with Gasteiger partial charge in [-0.1, -0.05) is 6.92 Å². The van der Waals surface area contributed by atoms with Crippen LogP contribution in [0.25, 0.3) is 0 Å². The maximum absolute atomic E-state index is 12.4. The second-order valence-electron chi connectivity index (χ2n) is 6.56. The van der Waals surface area contributed by atoms with Crippen LogP contribution in [0.3, 0.4) is 0 Å². The average molecular weight is 329 g/mol. The fourth-order valence-corrected chi connectivity index (χ4v) is 4.69. The summed E-state index contributed by atoms with van der Waals surface area (Å²) in [5, 5.41) is 4.18. The van der Waals surface area contributed by atoms with Crippen molar-refractivity contribution in [3.63, 3.8) is 0 Å². The lowest BCUT2D eigenvalue weighted by Gasteiger charge is -2.27. The number of likely N-dealkylation sites (tertiary alicyclic amines) is 1. The van der Waals surface area contributed by atoms with E-state index in [1.807, 2.05) is 0 Å². The summed E-state index contributed by atoms with van der Waals surface area (Å²) in [5.74, 6) is 0.846. The smallest absolute Gasteiger partial charge is 0.244 e. The molecule has 2 N–H and O–H groups in total. The first-order chi connectivity index (χ1) is 10.3. The van der Waals surface area contributed by atoms with E-state index in [2.05, 4.69) is 16.7 Å². The molecule has 1 aliphatic heterocycles. The molecule has 7 heteroatoms. The molecule has 0 unspecified atom stereocenters. The van der Waals surface area contributed by atoms with Crippen LogP contribution in [0.4, 0.5) is 0 Å². The van der Waals surface area contributed by atoms with Crippen molar-refractivity contribution in [3.8, 4) is 0 Å². The number of sulfonamides is 1. The van der Waals surface area contributed by atoms with Gasteiger partial charge in [0.25, 0.3) is 0 Å². The number of hydrogen-bond acceptors (Lipinski definition) is 3. The molecule has 6 nitrogen and oxygen atoms in total. The zero-order valence-electron chi connectivity index (χ0n) is 14.1. The third-order valence-corrected chi connectivity index (χ3v) is 6.40. The predicted molar refractivity (Wildman–Crippen MR) is 86.4 cm³/mol. The molecule has 0 aromatic carbocycles. The van der Waals surface area contributed by atoms with Crippen molar-refractivity contribution in [1.82, 2.24) is 14.5 Å². The van der Waals surface area contributed by atoms with Gasteiger partial charge in [-0.05, 0) is 32.6 Å². The quantitative estimate of drug-likeness (QED) is 0.723. The highest BCUT2D eigenvalue weighted by Crippen LogP contribution is 2.17. The molecule has 22 heavy (non-hydrogen) atoms. The normalized spacial score (nSPS) is 22.9. The number of aromatic nitrogens is 2. The Labute approximate surface area is 133 Å². The molecule has 2 heterocycles. The van der Waals surface area contributed by atoms with Gasteiger partial charge in [0, 0.05) is 20.0 Å². The summed E-state index contributed by atoms with van der Waals surface area (Å²) in [7, 11) is -1.69. The van der Waals surface area contributed by atoms with Crippen LogP contribution >= 0.6 is 0 Å². The van der Waals surface area contributed by atoms with Gasteiger partial charge >= 0.3 is 0 Å². The molecular formula is C15H29N4O2S+. The number of nitrogens with zero attached hydrogens (tertiary/aromatic N) is 2. The van der Waals surface area contributed by atoms with E-state index < -0.39 is 10.0 Å². The Morgan fingerprint density at radius 2 is 1.95 bits per heavy atom. The topological polar surface area (TPSA) is 68.4 Å². The molecule has 0 atom stereocenters. The Morgan fingerprint density at radius 1 is 1.32 bits per heavy atom. The van der Waals surface area contributed by atoms with Gasteiger partial charge in [0.15, 0.2) is 0 Å². The molecule has 126 valence electrons. The van der Waals surface area contributed by atoms with E-state index >= 15 is 0 Å². The van der Waals surface area contributed by atoms with Crippen LogP contribution in [0.5, 0.6) is 0 Å². The minimum atomic E-state index is -3.46. The van der Waals surface area contributed by atoms with Gasteiger partial charge < -0.3 is 4.90 Å². The van der Waals surface area contributed by atoms with E-state index in [-0.39, 0.29) is 0 Å². The summed E-state index contributed by atoms with van der Waals surface area (Å²) < 4.78 is 29.2. The number of rotatable bonds is 6. The summed E-state index contributed by atoms with van der Waals surface area (Å²) in [6.45, 7) is 9.80. The highest BCUT2D eigenvalue weighted by atomic mass is 32.2. The molecule has 1 fully saturated rings. The fraction of sp³-hybridized carbons (Fsp3) is 0.800. The van der Waals surface area contributed by atoms with E-state index in [9.17, 15) is 8.42 Å². The predicted octanol–water partition coefficient (Wildman–Crippen LogP) is 0.0201. The Bertz CT molecular complexity index is 601. The van der Waals surface area contributed by atoms with Crippen LogP contribution in [0.2, 0.25) is 0 Å². The summed E-state index contributed by atoms with van der Waals surface area (Å²) in [6.07, 6.45) is 3.45. The lowest BCUT2D eigenvalue weighted by molar-refractivity contribution is -0.906. The zero-order valence-corrected chi connectivity index (χ0v) is 15.0. The zero-order chi connectivity index (χ0) is 16.3. The van der Waals surface area contributed by atoms with E-state index in [4.69, 9.17) is 0 Å². The Morgan fingerprint density at radius 3 is 2.50 bits per heavy atom. The third kappa shape index (κ3) is 4.08. The minimum Gasteiger partial charge on any atom is -0.335 e. The Kier molecular flexibility index (Phi) is 5.63. The van der Waals surface area contributed by atoms with Crippen molar-refractivity contribution in [3.05, 3.63) is 11.4 Å². The van der Waals surface area contributed by atoms with Gasteiger partial charge in [-0.15, -0.1) is 0 Å². The number of hydrogen-bond donors (Lipinski definition) is 2. The third-order valence-electron chi connectivity index (χ3n) is 4.69. The van der Waals surface area contributed by atoms with Gasteiger partial charge in [-0.2, -0.15) is 5.10 Å². The van der Waals surface area contributed by atoms with Crippen LogP contribution in [0.15, 0.2) is 4.90 Å². The number of piperidine rings is 1. The van der Waals surface area contributed by atoms with Crippen LogP contribution in [-0.2, 0) is 17.1 Å². The number of nitrogens with one attached hydrogen (secondary N) is 2. The molecule has 0 aliphatic carbocycles. The maximum Gasteiger partial charge on any atom is 0.244 e. The molecule has 0 spiro atoms. The lowest BCUT2D eigenvalue weighted by Crippen LogP contribution is -3.13. The number of quaternary nitrogens is 1. The second kappa shape index (κ2) is 7.10. The summed E-state index contributed by atoms with van der Waals surface area (Å²) in [4.78, 5) is 1.93. The highest BCUT2D eigenvalue weighted by molar-refractivity contribution is 7.89. The molecule has 1 aliphatic rings. The molecule has 1 saturated heterocycles. The molecule has 2 rings (SSSR count). The summed E-state index contributed by atoms with van der Waals surface area (Å²) >= 11 is 0. The van der Waals surface area contributed by atoms with Crippen LogP contribution in [0, 0.1) is 19.8 Å². The molecule has 0 saturated carbocycles. The first-order valence-corrected chi connectivity index (χ1v) is 9.63. The van der Waals surface area contributed by atoms with Crippen molar-refractivity contribution in [2.45, 2.75) is 44.9 Å². The average Bonchev–Trinajstić information content (AvgIpc) is 2.71. The van der Waals surface area contributed by atoms with Gasteiger partial charge in [0.2, 0.25) is 10.0 Å². The van der Waals surface area contributed by atoms with Crippen molar-refractivity contribution < 1.29 is 13.3 Å².